The first kappa shape index (κ1) is 20.2. The molecule has 1 unspecified atom stereocenters. The van der Waals surface area contributed by atoms with Crippen LogP contribution in [0.15, 0.2) is 82.4 Å². The number of fused-ring (bicyclic) bond motifs is 1. The highest BCUT2D eigenvalue weighted by molar-refractivity contribution is 5.82. The molecule has 1 aliphatic rings. The van der Waals surface area contributed by atoms with Gasteiger partial charge in [0, 0.05) is 19.6 Å². The molecule has 1 saturated heterocycles. The Kier molecular flexibility index (Phi) is 5.32. The molecule has 8 nitrogen and oxygen atoms in total. The Bertz CT molecular complexity index is 1360. The summed E-state index contributed by atoms with van der Waals surface area (Å²) in [4.78, 5) is 27.8. The minimum atomic E-state index is -0.541. The molecule has 1 aromatic heterocycles. The standard InChI is InChI=1S/C24H23N5O3/c30-21-8-4-7-20-22(21)25-24(32)29(23(20)31)15-19-14-28(27-26-19)13-16-9-11-18(12-10-16)17-5-2-1-3-6-17/h1-12,19,26-27,30H,13-15H2,(H,25,32). The van der Waals surface area contributed by atoms with E-state index < -0.39 is 11.2 Å². The molecule has 0 spiro atoms. The minimum absolute atomic E-state index is 0.117. The first-order valence-electron chi connectivity index (χ1n) is 10.4. The fourth-order valence-electron chi connectivity index (χ4n) is 4.05. The summed E-state index contributed by atoms with van der Waals surface area (Å²) in [7, 11) is 0. The van der Waals surface area contributed by atoms with Crippen molar-refractivity contribution in [2.75, 3.05) is 6.54 Å². The van der Waals surface area contributed by atoms with Gasteiger partial charge in [-0.25, -0.2) is 15.2 Å². The number of H-pyrrole nitrogens is 1. The molecule has 8 heteroatoms. The predicted molar refractivity (Wildman–Crippen MR) is 123 cm³/mol. The van der Waals surface area contributed by atoms with Crippen molar-refractivity contribution in [3.63, 3.8) is 0 Å². The Morgan fingerprint density at radius 2 is 1.66 bits per heavy atom. The zero-order chi connectivity index (χ0) is 22.1. The first-order valence-corrected chi connectivity index (χ1v) is 10.4. The van der Waals surface area contributed by atoms with Crippen LogP contribution in [0.1, 0.15) is 5.56 Å². The van der Waals surface area contributed by atoms with Crippen LogP contribution in [0.5, 0.6) is 5.75 Å². The molecule has 1 aliphatic heterocycles. The fraction of sp³-hybridized carbons (Fsp3) is 0.167. The van der Waals surface area contributed by atoms with E-state index in [4.69, 9.17) is 0 Å². The number of aromatic hydroxyl groups is 1. The van der Waals surface area contributed by atoms with Crippen molar-refractivity contribution in [2.45, 2.75) is 19.1 Å². The summed E-state index contributed by atoms with van der Waals surface area (Å²) in [6.45, 7) is 1.50. The molecule has 3 aromatic carbocycles. The van der Waals surface area contributed by atoms with E-state index >= 15 is 0 Å². The molecule has 4 aromatic rings. The van der Waals surface area contributed by atoms with Crippen LogP contribution in [0.3, 0.4) is 0 Å². The first-order chi connectivity index (χ1) is 15.6. The Morgan fingerprint density at radius 3 is 2.44 bits per heavy atom. The molecule has 4 N–H and O–H groups in total. The molecule has 2 heterocycles. The normalized spacial score (nSPS) is 16.6. The maximum atomic E-state index is 12.8. The second-order valence-electron chi connectivity index (χ2n) is 7.94. The fourth-order valence-corrected chi connectivity index (χ4v) is 4.05. The molecule has 0 amide bonds. The third-order valence-electron chi connectivity index (χ3n) is 5.70. The summed E-state index contributed by atoms with van der Waals surface area (Å²) in [5, 5.41) is 12.2. The summed E-state index contributed by atoms with van der Waals surface area (Å²) in [6.07, 6.45) is 0. The molecule has 0 aliphatic carbocycles. The second-order valence-corrected chi connectivity index (χ2v) is 7.94. The molecule has 32 heavy (non-hydrogen) atoms. The number of hydrogen-bond acceptors (Lipinski definition) is 6. The van der Waals surface area contributed by atoms with Gasteiger partial charge in [0.25, 0.3) is 5.56 Å². The average molecular weight is 429 g/mol. The number of aromatic nitrogens is 2. The Hall–Kier alpha value is -3.72. The van der Waals surface area contributed by atoms with Crippen LogP contribution >= 0.6 is 0 Å². The number of hydrogen-bond donors (Lipinski definition) is 4. The van der Waals surface area contributed by atoms with Gasteiger partial charge < -0.3 is 10.1 Å². The number of phenols is 1. The van der Waals surface area contributed by atoms with Crippen LogP contribution in [0.25, 0.3) is 22.0 Å². The molecule has 5 rings (SSSR count). The van der Waals surface area contributed by atoms with E-state index in [9.17, 15) is 14.7 Å². The number of para-hydroxylation sites is 1. The summed E-state index contributed by atoms with van der Waals surface area (Å²) in [5.41, 5.74) is 8.96. The van der Waals surface area contributed by atoms with Crippen molar-refractivity contribution in [2.24, 2.45) is 0 Å². The lowest BCUT2D eigenvalue weighted by molar-refractivity contribution is 0.224. The minimum Gasteiger partial charge on any atom is -0.506 e. The van der Waals surface area contributed by atoms with Crippen LogP contribution in [-0.4, -0.2) is 32.3 Å². The molecular weight excluding hydrogens is 406 g/mol. The van der Waals surface area contributed by atoms with Crippen molar-refractivity contribution in [1.29, 1.82) is 0 Å². The van der Waals surface area contributed by atoms with Gasteiger partial charge in [-0.1, -0.05) is 60.7 Å². The van der Waals surface area contributed by atoms with E-state index in [2.05, 4.69) is 52.3 Å². The molecule has 1 atom stereocenters. The zero-order valence-corrected chi connectivity index (χ0v) is 17.3. The molecule has 0 saturated carbocycles. The van der Waals surface area contributed by atoms with Crippen LogP contribution in [-0.2, 0) is 13.1 Å². The van der Waals surface area contributed by atoms with Crippen molar-refractivity contribution in [3.8, 4) is 16.9 Å². The number of rotatable bonds is 5. The van der Waals surface area contributed by atoms with Crippen LogP contribution < -0.4 is 22.2 Å². The van der Waals surface area contributed by atoms with Crippen molar-refractivity contribution in [3.05, 3.63) is 99.2 Å². The van der Waals surface area contributed by atoms with Crippen LogP contribution in [0.2, 0.25) is 0 Å². The lowest BCUT2D eigenvalue weighted by Gasteiger charge is -2.15. The Balaban J connectivity index is 1.27. The van der Waals surface area contributed by atoms with Crippen molar-refractivity contribution >= 4 is 10.9 Å². The number of phenolic OH excluding ortho intramolecular Hbond substituents is 1. The van der Waals surface area contributed by atoms with Crippen molar-refractivity contribution in [1.82, 2.24) is 25.5 Å². The van der Waals surface area contributed by atoms with Gasteiger partial charge in [-0.05, 0) is 28.8 Å². The molecule has 162 valence electrons. The lowest BCUT2D eigenvalue weighted by Crippen LogP contribution is -2.43. The number of benzene rings is 3. The number of aromatic amines is 1. The highest BCUT2D eigenvalue weighted by Gasteiger charge is 2.23. The van der Waals surface area contributed by atoms with E-state index in [1.54, 1.807) is 12.1 Å². The Labute approximate surface area is 183 Å². The molecular formula is C24H23N5O3. The van der Waals surface area contributed by atoms with Gasteiger partial charge in [0.2, 0.25) is 0 Å². The van der Waals surface area contributed by atoms with Gasteiger partial charge in [-0.15, -0.1) is 0 Å². The third kappa shape index (κ3) is 3.94. The van der Waals surface area contributed by atoms with E-state index in [1.807, 2.05) is 23.2 Å². The topological polar surface area (TPSA) is 102 Å². The van der Waals surface area contributed by atoms with E-state index in [1.165, 1.54) is 21.8 Å². The number of nitrogens with one attached hydrogen (secondary N) is 3. The average Bonchev–Trinajstić information content (AvgIpc) is 3.25. The highest BCUT2D eigenvalue weighted by Crippen LogP contribution is 2.20. The summed E-state index contributed by atoms with van der Waals surface area (Å²) in [5.74, 6) is -0.117. The largest absolute Gasteiger partial charge is 0.506 e. The number of hydrazine groups is 2. The quantitative estimate of drug-likeness (QED) is 0.387. The second kappa shape index (κ2) is 8.43. The smallest absolute Gasteiger partial charge is 0.328 e. The van der Waals surface area contributed by atoms with E-state index in [0.29, 0.717) is 13.1 Å². The number of nitrogens with zero attached hydrogens (tertiary/aromatic N) is 2. The Morgan fingerprint density at radius 1 is 0.906 bits per heavy atom. The van der Waals surface area contributed by atoms with Crippen molar-refractivity contribution < 1.29 is 5.11 Å². The van der Waals surface area contributed by atoms with Gasteiger partial charge >= 0.3 is 5.69 Å². The van der Waals surface area contributed by atoms with Gasteiger partial charge in [0.15, 0.2) is 0 Å². The van der Waals surface area contributed by atoms with Crippen LogP contribution in [0, 0.1) is 0 Å². The highest BCUT2D eigenvalue weighted by atomic mass is 16.3. The van der Waals surface area contributed by atoms with Gasteiger partial charge in [-0.3, -0.25) is 9.36 Å². The summed E-state index contributed by atoms with van der Waals surface area (Å²) in [6, 6.07) is 23.1. The van der Waals surface area contributed by atoms with Gasteiger partial charge in [0.05, 0.1) is 16.9 Å². The summed E-state index contributed by atoms with van der Waals surface area (Å²) < 4.78 is 1.17. The maximum Gasteiger partial charge on any atom is 0.328 e. The van der Waals surface area contributed by atoms with E-state index in [-0.39, 0.29) is 29.2 Å². The van der Waals surface area contributed by atoms with Gasteiger partial charge in [-0.2, -0.15) is 5.53 Å². The lowest BCUT2D eigenvalue weighted by atomic mass is 10.0. The summed E-state index contributed by atoms with van der Waals surface area (Å²) >= 11 is 0. The third-order valence-corrected chi connectivity index (χ3v) is 5.70. The molecule has 0 radical (unpaired) electrons. The predicted octanol–water partition coefficient (Wildman–Crippen LogP) is 1.96. The molecule has 1 fully saturated rings. The monoisotopic (exact) mass is 429 g/mol. The van der Waals surface area contributed by atoms with Crippen LogP contribution in [0.4, 0.5) is 0 Å². The van der Waals surface area contributed by atoms with Gasteiger partial charge in [0.1, 0.15) is 5.75 Å². The zero-order valence-electron chi connectivity index (χ0n) is 17.3. The SMILES string of the molecule is O=c1[nH]c2c(O)cccc2c(=O)n1CC1CN(Cc2ccc(-c3ccccc3)cc2)NN1. The van der Waals surface area contributed by atoms with E-state index in [0.717, 1.165) is 5.56 Å². The maximum absolute atomic E-state index is 12.8. The molecule has 0 bridgehead atoms.